The third-order valence-electron chi connectivity index (χ3n) is 4.57. The van der Waals surface area contributed by atoms with Crippen LogP contribution in [0, 0.1) is 11.3 Å². The van der Waals surface area contributed by atoms with Crippen LogP contribution in [-0.4, -0.2) is 92.9 Å². The minimum absolute atomic E-state index is 0.0501. The number of hydrogen-bond acceptors (Lipinski definition) is 7. The van der Waals surface area contributed by atoms with Gasteiger partial charge in [0.15, 0.2) is 9.84 Å². The van der Waals surface area contributed by atoms with Crippen LogP contribution in [0.5, 0.6) is 0 Å². The minimum Gasteiger partial charge on any atom is -0.375 e. The Balaban J connectivity index is 1.98. The molecule has 0 aromatic rings. The molecule has 0 aromatic carbocycles. The predicted molar refractivity (Wildman–Crippen MR) is 90.6 cm³/mol. The van der Waals surface area contributed by atoms with Gasteiger partial charge in [0.1, 0.15) is 11.6 Å². The minimum atomic E-state index is -3.00. The Hall–Kier alpha value is -1.63. The predicted octanol–water partition coefficient (Wildman–Crippen LogP) is -1.38. The number of nitrogens with two attached hydrogens (primary N) is 1. The average molecular weight is 355 g/mol. The Morgan fingerprint density at radius 2 is 2.04 bits per heavy atom. The molecule has 0 radical (unpaired) electrons. The van der Waals surface area contributed by atoms with Gasteiger partial charge in [0.25, 0.3) is 5.91 Å². The number of nitrogens with zero attached hydrogens (tertiary/aromatic N) is 4. The number of sulfone groups is 1. The Morgan fingerprint density at radius 3 is 2.54 bits per heavy atom. The smallest absolute Gasteiger partial charge is 0.266 e. The Kier molecular flexibility index (Phi) is 6.21. The van der Waals surface area contributed by atoms with Crippen molar-refractivity contribution in [2.75, 3.05) is 57.8 Å². The van der Waals surface area contributed by atoms with E-state index in [9.17, 15) is 18.5 Å². The molecule has 2 heterocycles. The van der Waals surface area contributed by atoms with Crippen molar-refractivity contribution in [2.24, 2.45) is 5.73 Å². The number of hydrogen-bond donors (Lipinski definition) is 1. The maximum absolute atomic E-state index is 12.5. The fourth-order valence-electron chi connectivity index (χ4n) is 3.07. The Bertz CT molecular complexity index is 632. The Labute approximate surface area is 143 Å². The van der Waals surface area contributed by atoms with E-state index < -0.39 is 9.84 Å². The highest BCUT2D eigenvalue weighted by Crippen LogP contribution is 2.18. The second-order valence-corrected chi connectivity index (χ2v) is 8.53. The van der Waals surface area contributed by atoms with Crippen LogP contribution in [0.2, 0.25) is 0 Å². The van der Waals surface area contributed by atoms with Crippen LogP contribution in [0.1, 0.15) is 6.42 Å². The van der Waals surface area contributed by atoms with E-state index in [2.05, 4.69) is 4.90 Å². The summed E-state index contributed by atoms with van der Waals surface area (Å²) in [5, 5.41) is 9.32. The van der Waals surface area contributed by atoms with Crippen LogP contribution in [0.25, 0.3) is 0 Å². The van der Waals surface area contributed by atoms with Gasteiger partial charge in [-0.15, -0.1) is 0 Å². The molecule has 0 spiro atoms. The van der Waals surface area contributed by atoms with Gasteiger partial charge in [0, 0.05) is 58.6 Å². The van der Waals surface area contributed by atoms with E-state index in [1.165, 1.54) is 6.20 Å². The highest BCUT2D eigenvalue weighted by atomic mass is 32.2. The van der Waals surface area contributed by atoms with Crippen LogP contribution in [0.15, 0.2) is 11.8 Å². The van der Waals surface area contributed by atoms with Gasteiger partial charge in [-0.1, -0.05) is 0 Å². The molecule has 2 fully saturated rings. The quantitative estimate of drug-likeness (QED) is 0.478. The number of carbonyl (C=O) groups is 1. The largest absolute Gasteiger partial charge is 0.375 e. The van der Waals surface area contributed by atoms with E-state index in [0.29, 0.717) is 26.1 Å². The third kappa shape index (κ3) is 4.69. The van der Waals surface area contributed by atoms with Gasteiger partial charge in [-0.2, -0.15) is 5.26 Å². The van der Waals surface area contributed by atoms with Crippen molar-refractivity contribution in [3.63, 3.8) is 0 Å². The highest BCUT2D eigenvalue weighted by molar-refractivity contribution is 7.91. The van der Waals surface area contributed by atoms with E-state index in [1.54, 1.807) is 16.8 Å². The van der Waals surface area contributed by atoms with Gasteiger partial charge in [-0.05, 0) is 6.42 Å². The van der Waals surface area contributed by atoms with E-state index >= 15 is 0 Å². The molecule has 2 N–H and O–H groups in total. The lowest BCUT2D eigenvalue weighted by Crippen LogP contribution is -2.50. The van der Waals surface area contributed by atoms with Crippen LogP contribution in [-0.2, 0) is 14.6 Å². The summed E-state index contributed by atoms with van der Waals surface area (Å²) in [6.07, 6.45) is 2.01. The molecule has 2 aliphatic rings. The normalized spacial score (nSPS) is 24.6. The van der Waals surface area contributed by atoms with Crippen molar-refractivity contribution in [3.05, 3.63) is 11.8 Å². The number of piperazine rings is 1. The van der Waals surface area contributed by atoms with Gasteiger partial charge in [0.05, 0.1) is 11.5 Å². The summed E-state index contributed by atoms with van der Waals surface area (Å²) in [7, 11) is -1.28. The molecule has 1 amide bonds. The van der Waals surface area contributed by atoms with E-state index in [0.717, 1.165) is 19.6 Å². The summed E-state index contributed by atoms with van der Waals surface area (Å²) in [6, 6.07) is 1.78. The van der Waals surface area contributed by atoms with Gasteiger partial charge < -0.3 is 15.5 Å². The molecule has 8 nitrogen and oxygen atoms in total. The monoisotopic (exact) mass is 355 g/mol. The lowest BCUT2D eigenvalue weighted by atomic mass is 10.2. The van der Waals surface area contributed by atoms with Crippen LogP contribution in [0.3, 0.4) is 0 Å². The fraction of sp³-hybridized carbons (Fsp3) is 0.733. The van der Waals surface area contributed by atoms with E-state index in [1.807, 2.05) is 6.07 Å². The maximum atomic E-state index is 12.5. The summed E-state index contributed by atoms with van der Waals surface area (Å²) in [6.45, 7) is 4.03. The molecule has 9 heteroatoms. The fourth-order valence-corrected chi connectivity index (χ4v) is 4.85. The number of carbonyl (C=O) groups excluding carboxylic acids is 1. The van der Waals surface area contributed by atoms with Gasteiger partial charge >= 0.3 is 0 Å². The standard InChI is InChI=1S/C15H25N5O3S/c1-18(14-2-9-24(22,23)12-14)11-13(10-17)15(21)20-7-5-19(4-3-16)6-8-20/h11,14H,2-9,12,16H2,1H3/b13-11-. The van der Waals surface area contributed by atoms with Gasteiger partial charge in [-0.25, -0.2) is 8.42 Å². The SMILES string of the molecule is CN(/C=C(/C#N)C(=O)N1CCN(CCN)CC1)C1CCS(=O)(=O)C1. The summed E-state index contributed by atoms with van der Waals surface area (Å²) >= 11 is 0. The molecule has 2 rings (SSSR count). The molecule has 134 valence electrons. The number of nitriles is 1. The zero-order chi connectivity index (χ0) is 17.7. The van der Waals surface area contributed by atoms with Crippen molar-refractivity contribution in [2.45, 2.75) is 12.5 Å². The molecule has 2 aliphatic heterocycles. The highest BCUT2D eigenvalue weighted by Gasteiger charge is 2.31. The van der Waals surface area contributed by atoms with Gasteiger partial charge in [-0.3, -0.25) is 9.69 Å². The van der Waals surface area contributed by atoms with Gasteiger partial charge in [0.2, 0.25) is 0 Å². The van der Waals surface area contributed by atoms with Crippen LogP contribution < -0.4 is 5.73 Å². The molecular formula is C15H25N5O3S. The molecule has 1 unspecified atom stereocenters. The van der Waals surface area contributed by atoms with E-state index in [-0.39, 0.29) is 29.0 Å². The van der Waals surface area contributed by atoms with Crippen molar-refractivity contribution in [1.29, 1.82) is 5.26 Å². The molecule has 2 saturated heterocycles. The topological polar surface area (TPSA) is 111 Å². The lowest BCUT2D eigenvalue weighted by molar-refractivity contribution is -0.128. The maximum Gasteiger partial charge on any atom is 0.266 e. The second-order valence-electron chi connectivity index (χ2n) is 6.30. The summed E-state index contributed by atoms with van der Waals surface area (Å²) in [4.78, 5) is 18.1. The molecule has 0 saturated carbocycles. The zero-order valence-corrected chi connectivity index (χ0v) is 14.8. The molecule has 0 bridgehead atoms. The van der Waals surface area contributed by atoms with E-state index in [4.69, 9.17) is 5.73 Å². The first-order valence-corrected chi connectivity index (χ1v) is 9.94. The third-order valence-corrected chi connectivity index (χ3v) is 6.32. The zero-order valence-electron chi connectivity index (χ0n) is 14.0. The number of amides is 1. The summed E-state index contributed by atoms with van der Waals surface area (Å²) in [5.74, 6) is -0.0583. The molecule has 0 aromatic heterocycles. The Morgan fingerprint density at radius 1 is 1.38 bits per heavy atom. The first-order chi connectivity index (χ1) is 11.4. The molecule has 24 heavy (non-hydrogen) atoms. The summed E-state index contributed by atoms with van der Waals surface area (Å²) in [5.41, 5.74) is 5.58. The van der Waals surface area contributed by atoms with Crippen molar-refractivity contribution < 1.29 is 13.2 Å². The van der Waals surface area contributed by atoms with Crippen molar-refractivity contribution in [3.8, 4) is 6.07 Å². The van der Waals surface area contributed by atoms with Crippen LogP contribution >= 0.6 is 0 Å². The lowest BCUT2D eigenvalue weighted by Gasteiger charge is -2.34. The molecule has 1 atom stereocenters. The van der Waals surface area contributed by atoms with Crippen molar-refractivity contribution >= 4 is 15.7 Å². The first kappa shape index (κ1) is 18.7. The molecular weight excluding hydrogens is 330 g/mol. The van der Waals surface area contributed by atoms with Crippen LogP contribution in [0.4, 0.5) is 0 Å². The second kappa shape index (κ2) is 7.96. The first-order valence-electron chi connectivity index (χ1n) is 8.12. The number of rotatable bonds is 5. The summed E-state index contributed by atoms with van der Waals surface area (Å²) < 4.78 is 23.1. The molecule has 0 aliphatic carbocycles. The van der Waals surface area contributed by atoms with Crippen molar-refractivity contribution in [1.82, 2.24) is 14.7 Å². The average Bonchev–Trinajstić information content (AvgIpc) is 2.93.